The van der Waals surface area contributed by atoms with Crippen molar-refractivity contribution in [2.75, 3.05) is 0 Å². The molecule has 10 heteroatoms. The summed E-state index contributed by atoms with van der Waals surface area (Å²) in [7, 11) is 0. The fraction of sp³-hybridized carbons (Fsp3) is 0.125. The normalized spacial score (nSPS) is 10.5. The monoisotopic (exact) mass is 602 g/mol. The molecule has 214 valence electrons. The van der Waals surface area contributed by atoms with Crippen LogP contribution in [0.5, 0.6) is 23.0 Å². The van der Waals surface area contributed by atoms with Crippen LogP contribution >= 0.6 is 23.5 Å². The predicted molar refractivity (Wildman–Crippen MR) is 158 cm³/mol. The molecule has 4 aromatic carbocycles. The van der Waals surface area contributed by atoms with Gasteiger partial charge in [0.1, 0.15) is 23.0 Å². The predicted octanol–water partition coefficient (Wildman–Crippen LogP) is 7.36. The third kappa shape index (κ3) is 8.25. The summed E-state index contributed by atoms with van der Waals surface area (Å²) in [4.78, 5) is 51.3. The van der Waals surface area contributed by atoms with Crippen LogP contribution in [0, 0.1) is 0 Å². The van der Waals surface area contributed by atoms with E-state index in [1.807, 2.05) is 60.7 Å². The van der Waals surface area contributed by atoms with E-state index in [0.29, 0.717) is 9.79 Å². The molecule has 0 atom stereocenters. The van der Waals surface area contributed by atoms with E-state index in [2.05, 4.69) is 0 Å². The highest BCUT2D eigenvalue weighted by Crippen LogP contribution is 2.49. The van der Waals surface area contributed by atoms with Crippen molar-refractivity contribution in [2.45, 2.75) is 47.3 Å². The lowest BCUT2D eigenvalue weighted by Gasteiger charge is -2.19. The van der Waals surface area contributed by atoms with E-state index >= 15 is 0 Å². The third-order valence-corrected chi connectivity index (χ3v) is 7.43. The highest BCUT2D eigenvalue weighted by atomic mass is 32.2. The molecular weight excluding hydrogens is 576 g/mol. The van der Waals surface area contributed by atoms with Gasteiger partial charge in [-0.25, -0.2) is 0 Å². The molecule has 0 saturated heterocycles. The van der Waals surface area contributed by atoms with Gasteiger partial charge in [0.25, 0.3) is 0 Å². The number of ether oxygens (including phenoxy) is 4. The first-order chi connectivity index (χ1) is 20.1. The van der Waals surface area contributed by atoms with Gasteiger partial charge in [0.15, 0.2) is 0 Å². The molecule has 0 fully saturated rings. The van der Waals surface area contributed by atoms with Gasteiger partial charge in [0.05, 0.1) is 9.79 Å². The Hall–Kier alpha value is -4.54. The lowest BCUT2D eigenvalue weighted by molar-refractivity contribution is -0.133. The van der Waals surface area contributed by atoms with Gasteiger partial charge in [-0.2, -0.15) is 0 Å². The molecule has 0 aliphatic carbocycles. The molecule has 0 aliphatic heterocycles. The topological polar surface area (TPSA) is 105 Å². The summed E-state index contributed by atoms with van der Waals surface area (Å²) in [6.45, 7) is 5.06. The van der Waals surface area contributed by atoms with Gasteiger partial charge in [-0.05, 0) is 48.5 Å². The van der Waals surface area contributed by atoms with Crippen LogP contribution in [0.25, 0.3) is 11.1 Å². The summed E-state index contributed by atoms with van der Waals surface area (Å²) in [6, 6.07) is 24.9. The Labute approximate surface area is 251 Å². The number of rotatable bonds is 9. The summed E-state index contributed by atoms with van der Waals surface area (Å²) in [5.41, 5.74) is 0.527. The lowest BCUT2D eigenvalue weighted by atomic mass is 10.0. The molecule has 0 heterocycles. The third-order valence-electron chi connectivity index (χ3n) is 5.34. The van der Waals surface area contributed by atoms with E-state index in [4.69, 9.17) is 18.9 Å². The molecule has 4 rings (SSSR count). The van der Waals surface area contributed by atoms with E-state index < -0.39 is 23.9 Å². The molecular formula is C32H26O8S2. The van der Waals surface area contributed by atoms with Crippen molar-refractivity contribution in [2.24, 2.45) is 0 Å². The van der Waals surface area contributed by atoms with Crippen LogP contribution in [0.4, 0.5) is 0 Å². The summed E-state index contributed by atoms with van der Waals surface area (Å²) < 4.78 is 22.3. The van der Waals surface area contributed by atoms with Crippen molar-refractivity contribution in [1.82, 2.24) is 0 Å². The minimum absolute atomic E-state index is 0.113. The fourth-order valence-electron chi connectivity index (χ4n) is 3.84. The zero-order chi connectivity index (χ0) is 30.2. The maximum Gasteiger partial charge on any atom is 0.308 e. The largest absolute Gasteiger partial charge is 0.426 e. The summed E-state index contributed by atoms with van der Waals surface area (Å²) in [5.74, 6) is -1.72. The first kappa shape index (κ1) is 30.4. The summed E-state index contributed by atoms with van der Waals surface area (Å²) in [6.07, 6.45) is 0. The second-order valence-electron chi connectivity index (χ2n) is 8.80. The van der Waals surface area contributed by atoms with Crippen LogP contribution in [-0.4, -0.2) is 23.9 Å². The number of hydrogen-bond acceptors (Lipinski definition) is 10. The minimum atomic E-state index is -0.599. The number of carbonyl (C=O) groups is 4. The SMILES string of the molecule is CC(=O)Oc1cc(-c2cc(OC(C)=O)c(Sc3ccccc3)cc2OC(C)=O)c(OC(C)=O)cc1Sc1ccccc1. The number of benzene rings is 4. The van der Waals surface area contributed by atoms with Gasteiger partial charge in [-0.3, -0.25) is 19.2 Å². The Morgan fingerprint density at radius 1 is 0.452 bits per heavy atom. The minimum Gasteiger partial charge on any atom is -0.426 e. The molecule has 0 amide bonds. The zero-order valence-corrected chi connectivity index (χ0v) is 24.8. The van der Waals surface area contributed by atoms with Crippen LogP contribution in [-0.2, 0) is 19.2 Å². The van der Waals surface area contributed by atoms with E-state index in [9.17, 15) is 19.2 Å². The Morgan fingerprint density at radius 3 is 1.07 bits per heavy atom. The highest BCUT2D eigenvalue weighted by molar-refractivity contribution is 7.99. The van der Waals surface area contributed by atoms with Gasteiger partial charge in [0.2, 0.25) is 0 Å². The number of carbonyl (C=O) groups excluding carboxylic acids is 4. The smallest absolute Gasteiger partial charge is 0.308 e. The molecule has 8 nitrogen and oxygen atoms in total. The van der Waals surface area contributed by atoms with Crippen molar-refractivity contribution >= 4 is 47.4 Å². The first-order valence-corrected chi connectivity index (χ1v) is 14.3. The standard InChI is InChI=1S/C32H26O8S2/c1-19(33)37-27-17-31(41-23-11-7-5-8-12-23)29(39-21(3)35)15-25(27)26-16-30(40-22(4)36)32(18-28(26)38-20(2)34)42-24-13-9-6-10-14-24/h5-18H,1-4H3. The van der Waals surface area contributed by atoms with Gasteiger partial charge < -0.3 is 18.9 Å². The number of esters is 4. The molecule has 0 aromatic heterocycles. The van der Waals surface area contributed by atoms with Crippen molar-refractivity contribution in [1.29, 1.82) is 0 Å². The molecule has 0 N–H and O–H groups in total. The fourth-order valence-corrected chi connectivity index (χ4v) is 5.67. The van der Waals surface area contributed by atoms with Gasteiger partial charge in [0, 0.05) is 48.6 Å². The van der Waals surface area contributed by atoms with Crippen LogP contribution in [0.15, 0.2) is 105 Å². The molecule has 0 saturated carbocycles. The van der Waals surface area contributed by atoms with E-state index in [1.54, 1.807) is 12.1 Å². The molecule has 4 aromatic rings. The van der Waals surface area contributed by atoms with Gasteiger partial charge >= 0.3 is 23.9 Å². The zero-order valence-electron chi connectivity index (χ0n) is 23.2. The van der Waals surface area contributed by atoms with E-state index in [0.717, 1.165) is 9.79 Å². The quantitative estimate of drug-likeness (QED) is 0.143. The van der Waals surface area contributed by atoms with Crippen LogP contribution in [0.3, 0.4) is 0 Å². The highest BCUT2D eigenvalue weighted by Gasteiger charge is 2.24. The van der Waals surface area contributed by atoms with E-state index in [-0.39, 0.29) is 34.1 Å². The first-order valence-electron chi connectivity index (χ1n) is 12.6. The van der Waals surface area contributed by atoms with Crippen LogP contribution in [0.2, 0.25) is 0 Å². The molecule has 0 radical (unpaired) electrons. The number of hydrogen-bond donors (Lipinski definition) is 0. The molecule has 42 heavy (non-hydrogen) atoms. The van der Waals surface area contributed by atoms with Gasteiger partial charge in [-0.1, -0.05) is 59.9 Å². The van der Waals surface area contributed by atoms with E-state index in [1.165, 1.54) is 63.4 Å². The Kier molecular flexibility index (Phi) is 10.1. The summed E-state index contributed by atoms with van der Waals surface area (Å²) >= 11 is 2.61. The van der Waals surface area contributed by atoms with Crippen molar-refractivity contribution in [3.05, 3.63) is 84.9 Å². The second kappa shape index (κ2) is 13.9. The van der Waals surface area contributed by atoms with Crippen molar-refractivity contribution < 1.29 is 38.1 Å². The average molecular weight is 603 g/mol. The maximum absolute atomic E-state index is 12.2. The van der Waals surface area contributed by atoms with Crippen LogP contribution < -0.4 is 18.9 Å². The van der Waals surface area contributed by atoms with Crippen LogP contribution in [0.1, 0.15) is 27.7 Å². The lowest BCUT2D eigenvalue weighted by Crippen LogP contribution is -2.08. The summed E-state index contributed by atoms with van der Waals surface area (Å²) in [5, 5.41) is 0. The molecule has 0 aliphatic rings. The average Bonchev–Trinajstić information content (AvgIpc) is 2.91. The molecule has 0 spiro atoms. The van der Waals surface area contributed by atoms with Gasteiger partial charge in [-0.15, -0.1) is 0 Å². The Bertz CT molecular complexity index is 1510. The van der Waals surface area contributed by atoms with Crippen molar-refractivity contribution in [3.63, 3.8) is 0 Å². The molecule has 0 bridgehead atoms. The molecule has 0 unspecified atom stereocenters. The Balaban J connectivity index is 1.96. The second-order valence-corrected chi connectivity index (χ2v) is 11.0. The van der Waals surface area contributed by atoms with Crippen molar-refractivity contribution in [3.8, 4) is 34.1 Å². The maximum atomic E-state index is 12.2. The Morgan fingerprint density at radius 2 is 0.762 bits per heavy atom.